The van der Waals surface area contributed by atoms with Crippen LogP contribution in [0.4, 0.5) is 26.3 Å². The molecule has 6 rings (SSSR count). The SMILES string of the molecule is CC12C=Cc3ccccc3C1=C1C(=C3C=C(c4cccc(Cl)c4)SC32C)C(F)(F)C(F)(F)C1(F)F. The number of alkyl halides is 6. The summed E-state index contributed by atoms with van der Waals surface area (Å²) in [5.41, 5.74) is -2.82. The number of rotatable bonds is 1. The van der Waals surface area contributed by atoms with Crippen molar-refractivity contribution in [3.63, 3.8) is 0 Å². The van der Waals surface area contributed by atoms with Crippen LogP contribution in [-0.2, 0) is 0 Å². The minimum absolute atomic E-state index is 0.174. The first kappa shape index (κ1) is 23.0. The molecule has 0 saturated heterocycles. The van der Waals surface area contributed by atoms with Crippen molar-refractivity contribution in [2.45, 2.75) is 36.4 Å². The lowest BCUT2D eigenvalue weighted by molar-refractivity contribution is -0.257. The molecule has 35 heavy (non-hydrogen) atoms. The molecular weight excluding hydrogens is 506 g/mol. The zero-order valence-corrected chi connectivity index (χ0v) is 20.0. The van der Waals surface area contributed by atoms with Gasteiger partial charge in [-0.15, -0.1) is 11.8 Å². The first-order valence-corrected chi connectivity index (χ1v) is 12.1. The van der Waals surface area contributed by atoms with Crippen molar-refractivity contribution in [1.82, 2.24) is 0 Å². The van der Waals surface area contributed by atoms with Crippen LogP contribution >= 0.6 is 23.4 Å². The predicted octanol–water partition coefficient (Wildman–Crippen LogP) is 8.90. The van der Waals surface area contributed by atoms with Crippen molar-refractivity contribution in [3.05, 3.63) is 99.1 Å². The molecule has 0 nitrogen and oxygen atoms in total. The number of allylic oxidation sites excluding steroid dienone is 5. The minimum atomic E-state index is -5.58. The van der Waals surface area contributed by atoms with Crippen LogP contribution in [-0.4, -0.2) is 22.5 Å². The Morgan fingerprint density at radius 1 is 0.800 bits per heavy atom. The van der Waals surface area contributed by atoms with Crippen LogP contribution in [0.2, 0.25) is 5.02 Å². The average Bonchev–Trinajstić information content (AvgIpc) is 3.20. The second kappa shape index (κ2) is 6.68. The van der Waals surface area contributed by atoms with Crippen molar-refractivity contribution < 1.29 is 26.3 Å². The Hall–Kier alpha value is -2.38. The van der Waals surface area contributed by atoms with Crippen molar-refractivity contribution in [1.29, 1.82) is 0 Å². The maximum atomic E-state index is 15.5. The van der Waals surface area contributed by atoms with Crippen molar-refractivity contribution in [2.24, 2.45) is 5.41 Å². The molecule has 2 unspecified atom stereocenters. The molecule has 0 radical (unpaired) electrons. The van der Waals surface area contributed by atoms with E-state index in [1.165, 1.54) is 23.9 Å². The summed E-state index contributed by atoms with van der Waals surface area (Å²) < 4.78 is 90.2. The monoisotopic (exact) mass is 522 g/mol. The molecule has 0 amide bonds. The maximum Gasteiger partial charge on any atom is 0.380 e. The molecule has 2 aromatic carbocycles. The van der Waals surface area contributed by atoms with E-state index in [-0.39, 0.29) is 16.7 Å². The van der Waals surface area contributed by atoms with Gasteiger partial charge >= 0.3 is 17.8 Å². The molecule has 1 heterocycles. The van der Waals surface area contributed by atoms with Crippen LogP contribution in [0.25, 0.3) is 16.6 Å². The van der Waals surface area contributed by atoms with Gasteiger partial charge in [0.05, 0.1) is 4.75 Å². The smallest absolute Gasteiger partial charge is 0.194 e. The lowest BCUT2D eigenvalue weighted by atomic mass is 9.58. The van der Waals surface area contributed by atoms with E-state index in [0.29, 0.717) is 21.1 Å². The predicted molar refractivity (Wildman–Crippen MR) is 128 cm³/mol. The second-order valence-corrected chi connectivity index (χ2v) is 11.4. The Morgan fingerprint density at radius 2 is 1.49 bits per heavy atom. The topological polar surface area (TPSA) is 0 Å². The van der Waals surface area contributed by atoms with Gasteiger partial charge in [0.15, 0.2) is 0 Å². The highest BCUT2D eigenvalue weighted by Crippen LogP contribution is 2.75. The van der Waals surface area contributed by atoms with Gasteiger partial charge in [0.2, 0.25) is 0 Å². The lowest BCUT2D eigenvalue weighted by Crippen LogP contribution is -2.47. The van der Waals surface area contributed by atoms with Gasteiger partial charge in [0, 0.05) is 26.5 Å². The Bertz CT molecular complexity index is 1450. The first-order valence-electron chi connectivity index (χ1n) is 10.9. The minimum Gasteiger partial charge on any atom is -0.194 e. The summed E-state index contributed by atoms with van der Waals surface area (Å²) in [5.74, 6) is -15.7. The van der Waals surface area contributed by atoms with Crippen molar-refractivity contribution in [2.75, 3.05) is 0 Å². The molecule has 3 aliphatic carbocycles. The third-order valence-electron chi connectivity index (χ3n) is 7.74. The molecule has 0 aromatic heterocycles. The largest absolute Gasteiger partial charge is 0.380 e. The van der Waals surface area contributed by atoms with Crippen molar-refractivity contribution >= 4 is 39.9 Å². The molecule has 180 valence electrons. The molecule has 0 spiro atoms. The third kappa shape index (κ3) is 2.53. The van der Waals surface area contributed by atoms with Crippen LogP contribution in [0.5, 0.6) is 0 Å². The summed E-state index contributed by atoms with van der Waals surface area (Å²) in [6.45, 7) is 3.32. The number of benzene rings is 2. The fourth-order valence-electron chi connectivity index (χ4n) is 5.75. The summed E-state index contributed by atoms with van der Waals surface area (Å²) in [4.78, 5) is 0.501. The van der Waals surface area contributed by atoms with Crippen molar-refractivity contribution in [3.8, 4) is 0 Å². The summed E-state index contributed by atoms with van der Waals surface area (Å²) >= 11 is 7.33. The summed E-state index contributed by atoms with van der Waals surface area (Å²) in [6.07, 6.45) is 4.78. The van der Waals surface area contributed by atoms with Crippen LogP contribution in [0.1, 0.15) is 30.5 Å². The molecular formula is C27H17ClF6S. The van der Waals surface area contributed by atoms with Gasteiger partial charge < -0.3 is 0 Å². The van der Waals surface area contributed by atoms with Gasteiger partial charge in [0.1, 0.15) is 0 Å². The second-order valence-electron chi connectivity index (χ2n) is 9.54. The van der Waals surface area contributed by atoms with E-state index in [4.69, 9.17) is 11.6 Å². The number of halogens is 7. The van der Waals surface area contributed by atoms with E-state index in [9.17, 15) is 8.78 Å². The molecule has 1 saturated carbocycles. The Balaban J connectivity index is 1.76. The molecule has 2 atom stereocenters. The first-order chi connectivity index (χ1) is 16.3. The average molecular weight is 523 g/mol. The number of fused-ring (bicyclic) bond motifs is 6. The standard InChI is InChI=1S/C27H17ClF6S/c1-23-11-10-14-6-3-4-9-17(14)20(23)22-21(25(29,30)27(33,34)26(22,31)32)18-13-19(35-24(18,23)2)15-7-5-8-16(28)12-15/h3-13H,1-2H3. The van der Waals surface area contributed by atoms with Crippen LogP contribution < -0.4 is 0 Å². The summed E-state index contributed by atoms with van der Waals surface area (Å²) in [7, 11) is 0. The van der Waals surface area contributed by atoms with Gasteiger partial charge in [-0.25, -0.2) is 0 Å². The number of hydrogen-bond donors (Lipinski definition) is 0. The Morgan fingerprint density at radius 3 is 2.20 bits per heavy atom. The number of thioether (sulfide) groups is 1. The Kier molecular flexibility index (Phi) is 4.40. The molecule has 8 heteroatoms. The fraction of sp³-hybridized carbons (Fsp3) is 0.259. The van der Waals surface area contributed by atoms with E-state index >= 15 is 17.6 Å². The van der Waals surface area contributed by atoms with Gasteiger partial charge in [-0.2, -0.15) is 26.3 Å². The molecule has 1 aliphatic heterocycles. The molecule has 2 aromatic rings. The summed E-state index contributed by atoms with van der Waals surface area (Å²) in [6, 6.07) is 13.1. The van der Waals surface area contributed by atoms with Gasteiger partial charge in [-0.1, -0.05) is 67.1 Å². The highest BCUT2D eigenvalue weighted by atomic mass is 35.5. The fourth-order valence-corrected chi connectivity index (χ4v) is 7.45. The molecule has 1 fully saturated rings. The lowest BCUT2D eigenvalue weighted by Gasteiger charge is -2.50. The zero-order valence-electron chi connectivity index (χ0n) is 18.4. The normalized spacial score (nSPS) is 31.1. The molecule has 0 bridgehead atoms. The van der Waals surface area contributed by atoms with Gasteiger partial charge in [-0.05, 0) is 53.0 Å². The third-order valence-corrected chi connectivity index (χ3v) is 9.60. The van der Waals surface area contributed by atoms with Crippen LogP contribution in [0.3, 0.4) is 0 Å². The maximum absolute atomic E-state index is 15.5. The van der Waals surface area contributed by atoms with E-state index in [0.717, 1.165) is 0 Å². The molecule has 4 aliphatic rings. The highest BCUT2D eigenvalue weighted by Gasteiger charge is 2.84. The van der Waals surface area contributed by atoms with E-state index < -0.39 is 39.1 Å². The van der Waals surface area contributed by atoms with Crippen LogP contribution in [0.15, 0.2) is 77.4 Å². The highest BCUT2D eigenvalue weighted by molar-refractivity contribution is 8.10. The van der Waals surface area contributed by atoms with E-state index in [1.807, 2.05) is 0 Å². The number of hydrogen-bond acceptors (Lipinski definition) is 1. The van der Waals surface area contributed by atoms with Crippen LogP contribution in [0, 0.1) is 5.41 Å². The van der Waals surface area contributed by atoms with E-state index in [1.54, 1.807) is 68.5 Å². The van der Waals surface area contributed by atoms with Gasteiger partial charge in [0.25, 0.3) is 0 Å². The Labute approximate surface area is 207 Å². The summed E-state index contributed by atoms with van der Waals surface area (Å²) in [5, 5.41) is 0.406. The zero-order chi connectivity index (χ0) is 25.2. The molecule has 0 N–H and O–H groups in total. The van der Waals surface area contributed by atoms with E-state index in [2.05, 4.69) is 0 Å². The quantitative estimate of drug-likeness (QED) is 0.337. The van der Waals surface area contributed by atoms with Gasteiger partial charge in [-0.3, -0.25) is 0 Å².